The molecule has 26 heavy (non-hydrogen) atoms. The van der Waals surface area contributed by atoms with Gasteiger partial charge >= 0.3 is 5.97 Å². The van der Waals surface area contributed by atoms with Gasteiger partial charge < -0.3 is 15.9 Å². The second-order valence-electron chi connectivity index (χ2n) is 7.29. The van der Waals surface area contributed by atoms with Gasteiger partial charge in [0.05, 0.1) is 6.61 Å². The number of Topliss-reactive ketones (excluding diaryl/α,β-unsaturated/α-hetero) is 1. The molecule has 5 nitrogen and oxygen atoms in total. The highest BCUT2D eigenvalue weighted by Gasteiger charge is 2.32. The van der Waals surface area contributed by atoms with Gasteiger partial charge in [-0.05, 0) is 44.9 Å². The molecule has 0 bridgehead atoms. The summed E-state index contributed by atoms with van der Waals surface area (Å²) in [7, 11) is 0. The zero-order valence-corrected chi connectivity index (χ0v) is 16.5. The Balaban J connectivity index is 3.48. The summed E-state index contributed by atoms with van der Waals surface area (Å²) < 4.78 is 0. The van der Waals surface area contributed by atoms with E-state index in [0.29, 0.717) is 12.2 Å². The third kappa shape index (κ3) is 13.1. The van der Waals surface area contributed by atoms with Gasteiger partial charge in [0, 0.05) is 12.8 Å². The van der Waals surface area contributed by atoms with Crippen molar-refractivity contribution in [1.29, 1.82) is 0 Å². The SMILES string of the molecule is CCCCCCC(=O)CCCCCCC=CCCCC(N)(CO)C(=O)O. The summed E-state index contributed by atoms with van der Waals surface area (Å²) in [6.07, 6.45) is 17.4. The van der Waals surface area contributed by atoms with Crippen molar-refractivity contribution in [2.24, 2.45) is 5.73 Å². The molecule has 0 radical (unpaired) electrons. The monoisotopic (exact) mass is 369 g/mol. The van der Waals surface area contributed by atoms with Crippen LogP contribution in [-0.2, 0) is 9.59 Å². The molecule has 0 aromatic carbocycles. The number of rotatable bonds is 18. The number of nitrogens with two attached hydrogens (primary N) is 1. The van der Waals surface area contributed by atoms with Crippen LogP contribution in [0.15, 0.2) is 12.2 Å². The predicted molar refractivity (Wildman–Crippen MR) is 106 cm³/mol. The molecule has 0 aromatic rings. The van der Waals surface area contributed by atoms with Crippen LogP contribution in [0.3, 0.4) is 0 Å². The Kier molecular flexibility index (Phi) is 15.3. The maximum absolute atomic E-state index is 11.7. The maximum atomic E-state index is 11.7. The van der Waals surface area contributed by atoms with E-state index in [2.05, 4.69) is 19.1 Å². The summed E-state index contributed by atoms with van der Waals surface area (Å²) in [6.45, 7) is 1.64. The van der Waals surface area contributed by atoms with E-state index in [9.17, 15) is 9.59 Å². The van der Waals surface area contributed by atoms with Crippen molar-refractivity contribution in [3.63, 3.8) is 0 Å². The molecular weight excluding hydrogens is 330 g/mol. The Morgan fingerprint density at radius 3 is 1.96 bits per heavy atom. The number of allylic oxidation sites excluding steroid dienone is 2. The van der Waals surface area contributed by atoms with Crippen molar-refractivity contribution in [2.75, 3.05) is 6.61 Å². The first-order valence-electron chi connectivity index (χ1n) is 10.3. The van der Waals surface area contributed by atoms with E-state index in [-0.39, 0.29) is 6.42 Å². The molecule has 1 unspecified atom stereocenters. The number of aliphatic hydroxyl groups is 1. The number of hydrogen-bond donors (Lipinski definition) is 3. The number of carboxylic acid groups (broad SMARTS) is 1. The average Bonchev–Trinajstić information content (AvgIpc) is 2.62. The second-order valence-corrected chi connectivity index (χ2v) is 7.29. The normalized spacial score (nSPS) is 13.8. The summed E-state index contributed by atoms with van der Waals surface area (Å²) in [5.74, 6) is -0.732. The minimum absolute atomic E-state index is 0.273. The summed E-state index contributed by atoms with van der Waals surface area (Å²) in [6, 6.07) is 0. The lowest BCUT2D eigenvalue weighted by atomic mass is 9.95. The Morgan fingerprint density at radius 1 is 0.885 bits per heavy atom. The number of carbonyl (C=O) groups excluding carboxylic acids is 1. The molecule has 152 valence electrons. The quantitative estimate of drug-likeness (QED) is 0.246. The van der Waals surface area contributed by atoms with Gasteiger partial charge in [0.15, 0.2) is 0 Å². The van der Waals surface area contributed by atoms with E-state index in [1.807, 2.05) is 0 Å². The fraction of sp³-hybridized carbons (Fsp3) is 0.810. The third-order valence-electron chi connectivity index (χ3n) is 4.75. The number of aliphatic carboxylic acids is 1. The molecule has 0 spiro atoms. The summed E-state index contributed by atoms with van der Waals surface area (Å²) in [5, 5.41) is 18.0. The van der Waals surface area contributed by atoms with Crippen LogP contribution in [0, 0.1) is 0 Å². The van der Waals surface area contributed by atoms with Crippen LogP contribution < -0.4 is 5.73 Å². The average molecular weight is 370 g/mol. The third-order valence-corrected chi connectivity index (χ3v) is 4.75. The highest BCUT2D eigenvalue weighted by molar-refractivity contribution is 5.78. The van der Waals surface area contributed by atoms with E-state index < -0.39 is 18.1 Å². The predicted octanol–water partition coefficient (Wildman–Crippen LogP) is 4.37. The van der Waals surface area contributed by atoms with E-state index in [1.165, 1.54) is 19.3 Å². The van der Waals surface area contributed by atoms with Crippen molar-refractivity contribution in [2.45, 2.75) is 102 Å². The van der Waals surface area contributed by atoms with Gasteiger partial charge in [-0.15, -0.1) is 0 Å². The largest absolute Gasteiger partial charge is 0.480 e. The molecule has 0 heterocycles. The molecule has 1 atom stereocenters. The van der Waals surface area contributed by atoms with E-state index in [4.69, 9.17) is 15.9 Å². The van der Waals surface area contributed by atoms with Gasteiger partial charge in [0.25, 0.3) is 0 Å². The Hall–Kier alpha value is -1.20. The molecule has 0 saturated heterocycles. The number of ketones is 1. The number of unbranched alkanes of at least 4 members (excludes halogenated alkanes) is 8. The van der Waals surface area contributed by atoms with Crippen molar-refractivity contribution < 1.29 is 19.8 Å². The lowest BCUT2D eigenvalue weighted by Gasteiger charge is -2.21. The second kappa shape index (κ2) is 16.0. The number of hydrogen-bond acceptors (Lipinski definition) is 4. The molecular formula is C21H39NO4. The first kappa shape index (κ1) is 24.8. The summed E-state index contributed by atoms with van der Waals surface area (Å²) >= 11 is 0. The Bertz CT molecular complexity index is 409. The topological polar surface area (TPSA) is 101 Å². The molecule has 0 saturated carbocycles. The number of carboxylic acids is 1. The molecule has 0 aliphatic heterocycles. The minimum atomic E-state index is -1.51. The van der Waals surface area contributed by atoms with Crippen LogP contribution in [-0.4, -0.2) is 34.1 Å². The number of carbonyl (C=O) groups is 2. The van der Waals surface area contributed by atoms with Gasteiger partial charge in [-0.1, -0.05) is 51.2 Å². The van der Waals surface area contributed by atoms with Crippen LogP contribution in [0.25, 0.3) is 0 Å². The molecule has 0 aliphatic rings. The highest BCUT2D eigenvalue weighted by atomic mass is 16.4. The van der Waals surface area contributed by atoms with E-state index in [1.54, 1.807) is 0 Å². The van der Waals surface area contributed by atoms with Crippen LogP contribution in [0.2, 0.25) is 0 Å². The Labute approximate surface area is 159 Å². The van der Waals surface area contributed by atoms with Crippen molar-refractivity contribution in [3.8, 4) is 0 Å². The van der Waals surface area contributed by atoms with Gasteiger partial charge in [-0.2, -0.15) is 0 Å². The summed E-state index contributed by atoms with van der Waals surface area (Å²) in [4.78, 5) is 22.6. The van der Waals surface area contributed by atoms with Crippen LogP contribution >= 0.6 is 0 Å². The van der Waals surface area contributed by atoms with Gasteiger partial charge in [-0.3, -0.25) is 9.59 Å². The minimum Gasteiger partial charge on any atom is -0.480 e. The van der Waals surface area contributed by atoms with E-state index >= 15 is 0 Å². The lowest BCUT2D eigenvalue weighted by Crippen LogP contribution is -2.51. The first-order valence-corrected chi connectivity index (χ1v) is 10.3. The number of aliphatic hydroxyl groups excluding tert-OH is 1. The molecule has 0 aliphatic carbocycles. The zero-order chi connectivity index (χ0) is 19.7. The maximum Gasteiger partial charge on any atom is 0.326 e. The van der Waals surface area contributed by atoms with Gasteiger partial charge in [0.2, 0.25) is 0 Å². The molecule has 4 N–H and O–H groups in total. The van der Waals surface area contributed by atoms with Crippen LogP contribution in [0.1, 0.15) is 96.8 Å². The molecule has 0 amide bonds. The molecule has 5 heteroatoms. The fourth-order valence-electron chi connectivity index (χ4n) is 2.84. The van der Waals surface area contributed by atoms with Crippen molar-refractivity contribution in [1.82, 2.24) is 0 Å². The molecule has 0 aromatic heterocycles. The van der Waals surface area contributed by atoms with Gasteiger partial charge in [-0.25, -0.2) is 0 Å². The summed E-state index contributed by atoms with van der Waals surface area (Å²) in [5.41, 5.74) is 4.10. The van der Waals surface area contributed by atoms with E-state index in [0.717, 1.165) is 57.8 Å². The lowest BCUT2D eigenvalue weighted by molar-refractivity contribution is -0.145. The molecule has 0 fully saturated rings. The smallest absolute Gasteiger partial charge is 0.326 e. The van der Waals surface area contributed by atoms with Gasteiger partial charge in [0.1, 0.15) is 11.3 Å². The highest BCUT2D eigenvalue weighted by Crippen LogP contribution is 2.13. The van der Waals surface area contributed by atoms with Crippen molar-refractivity contribution in [3.05, 3.63) is 12.2 Å². The van der Waals surface area contributed by atoms with Crippen molar-refractivity contribution >= 4 is 11.8 Å². The zero-order valence-electron chi connectivity index (χ0n) is 16.5. The van der Waals surface area contributed by atoms with Crippen LogP contribution in [0.5, 0.6) is 0 Å². The Morgan fingerprint density at radius 2 is 1.42 bits per heavy atom. The fourth-order valence-corrected chi connectivity index (χ4v) is 2.84. The van der Waals surface area contributed by atoms with Crippen LogP contribution in [0.4, 0.5) is 0 Å². The standard InChI is InChI=1S/C21H39NO4/c1-2-3-4-12-15-19(24)16-13-10-8-6-5-7-9-11-14-17-21(22,18-23)20(25)26/h7,9,23H,2-6,8,10-18,22H2,1H3,(H,25,26). The molecule has 0 rings (SSSR count). The first-order chi connectivity index (χ1) is 12.5.